The molecule has 0 radical (unpaired) electrons. The van der Waals surface area contributed by atoms with Crippen LogP contribution in [0.2, 0.25) is 0 Å². The van der Waals surface area contributed by atoms with E-state index in [1.54, 1.807) is 0 Å². The Bertz CT molecular complexity index is 309. The van der Waals surface area contributed by atoms with Gasteiger partial charge in [0.25, 0.3) is 0 Å². The molecule has 0 bridgehead atoms. The van der Waals surface area contributed by atoms with Crippen molar-refractivity contribution in [3.05, 3.63) is 12.2 Å². The zero-order valence-electron chi connectivity index (χ0n) is 17.6. The Labute approximate surface area is 163 Å². The van der Waals surface area contributed by atoms with E-state index in [2.05, 4.69) is 19.1 Å². The summed E-state index contributed by atoms with van der Waals surface area (Å²) in [5.74, 6) is -0.904. The second-order valence-electron chi connectivity index (χ2n) is 7.83. The summed E-state index contributed by atoms with van der Waals surface area (Å²) in [4.78, 5) is 10.3. The molecular formula is C24H45O2-. The number of carboxylic acids is 1. The average molecular weight is 366 g/mol. The summed E-state index contributed by atoms with van der Waals surface area (Å²) in [6.45, 7) is 2.27. The van der Waals surface area contributed by atoms with Crippen LogP contribution < -0.4 is 5.11 Å². The molecule has 0 aliphatic rings. The van der Waals surface area contributed by atoms with Crippen molar-refractivity contribution in [2.45, 2.75) is 135 Å². The molecule has 0 aromatic heterocycles. The third kappa shape index (κ3) is 23.2. The lowest BCUT2D eigenvalue weighted by molar-refractivity contribution is -0.305. The fourth-order valence-electron chi connectivity index (χ4n) is 3.40. The van der Waals surface area contributed by atoms with Crippen LogP contribution in [0.1, 0.15) is 135 Å². The third-order valence-corrected chi connectivity index (χ3v) is 5.14. The summed E-state index contributed by atoms with van der Waals surface area (Å²) in [5, 5.41) is 10.3. The van der Waals surface area contributed by atoms with Crippen LogP contribution in [-0.2, 0) is 4.79 Å². The Morgan fingerprint density at radius 2 is 0.923 bits per heavy atom. The highest BCUT2D eigenvalue weighted by molar-refractivity contribution is 5.63. The molecular weight excluding hydrogens is 320 g/mol. The van der Waals surface area contributed by atoms with Gasteiger partial charge < -0.3 is 9.90 Å². The highest BCUT2D eigenvalue weighted by atomic mass is 16.4. The topological polar surface area (TPSA) is 40.1 Å². The second kappa shape index (κ2) is 22.3. The first-order valence-electron chi connectivity index (χ1n) is 11.6. The van der Waals surface area contributed by atoms with E-state index in [0.717, 1.165) is 12.8 Å². The van der Waals surface area contributed by atoms with E-state index in [9.17, 15) is 9.90 Å². The Balaban J connectivity index is 3.06. The van der Waals surface area contributed by atoms with Crippen molar-refractivity contribution in [3.63, 3.8) is 0 Å². The molecule has 0 aromatic rings. The minimum atomic E-state index is -0.904. The number of hydrogen-bond donors (Lipinski definition) is 0. The van der Waals surface area contributed by atoms with Crippen LogP contribution >= 0.6 is 0 Å². The van der Waals surface area contributed by atoms with Crippen LogP contribution in [0.25, 0.3) is 0 Å². The lowest BCUT2D eigenvalue weighted by Crippen LogP contribution is -2.21. The van der Waals surface area contributed by atoms with Crippen molar-refractivity contribution in [2.75, 3.05) is 0 Å². The number of carboxylic acid groups (broad SMARTS) is 1. The minimum Gasteiger partial charge on any atom is -0.550 e. The van der Waals surface area contributed by atoms with E-state index < -0.39 is 5.97 Å². The molecule has 154 valence electrons. The zero-order chi connectivity index (χ0) is 19.1. The number of unbranched alkanes of at least 4 members (excludes halogenated alkanes) is 17. The first-order chi connectivity index (χ1) is 12.8. The van der Waals surface area contributed by atoms with E-state index in [1.807, 2.05) is 0 Å². The van der Waals surface area contributed by atoms with Crippen molar-refractivity contribution in [1.82, 2.24) is 0 Å². The molecule has 2 nitrogen and oxygen atoms in total. The molecule has 0 atom stereocenters. The van der Waals surface area contributed by atoms with Gasteiger partial charge in [-0.05, 0) is 38.5 Å². The highest BCUT2D eigenvalue weighted by Gasteiger charge is 1.94. The smallest absolute Gasteiger partial charge is 0.0414 e. The van der Waals surface area contributed by atoms with Gasteiger partial charge in [-0.3, -0.25) is 0 Å². The molecule has 0 aliphatic heterocycles. The van der Waals surface area contributed by atoms with Crippen molar-refractivity contribution >= 4 is 5.97 Å². The van der Waals surface area contributed by atoms with Crippen LogP contribution in [0.15, 0.2) is 12.2 Å². The average Bonchev–Trinajstić information content (AvgIpc) is 2.62. The van der Waals surface area contributed by atoms with Gasteiger partial charge in [0.15, 0.2) is 0 Å². The van der Waals surface area contributed by atoms with Crippen LogP contribution in [0, 0.1) is 0 Å². The molecule has 26 heavy (non-hydrogen) atoms. The normalized spacial score (nSPS) is 11.4. The maximum absolute atomic E-state index is 10.3. The van der Waals surface area contributed by atoms with Gasteiger partial charge in [0.05, 0.1) is 0 Å². The summed E-state index contributed by atoms with van der Waals surface area (Å²) < 4.78 is 0. The van der Waals surface area contributed by atoms with Crippen LogP contribution in [0.3, 0.4) is 0 Å². The number of allylic oxidation sites excluding steroid dienone is 2. The number of hydrogen-bond acceptors (Lipinski definition) is 2. The van der Waals surface area contributed by atoms with Crippen LogP contribution in [0.4, 0.5) is 0 Å². The predicted molar refractivity (Wildman–Crippen MR) is 112 cm³/mol. The minimum absolute atomic E-state index is 0.230. The van der Waals surface area contributed by atoms with E-state index in [4.69, 9.17) is 0 Å². The molecule has 0 aromatic carbocycles. The van der Waals surface area contributed by atoms with E-state index in [1.165, 1.54) is 109 Å². The number of aliphatic carboxylic acids is 1. The maximum atomic E-state index is 10.3. The summed E-state index contributed by atoms with van der Waals surface area (Å²) >= 11 is 0. The third-order valence-electron chi connectivity index (χ3n) is 5.14. The van der Waals surface area contributed by atoms with Gasteiger partial charge in [-0.25, -0.2) is 0 Å². The molecule has 0 unspecified atom stereocenters. The van der Waals surface area contributed by atoms with Gasteiger partial charge in [0, 0.05) is 5.97 Å². The Morgan fingerprint density at radius 1 is 0.577 bits per heavy atom. The molecule has 0 aliphatic carbocycles. The monoisotopic (exact) mass is 365 g/mol. The van der Waals surface area contributed by atoms with Crippen molar-refractivity contribution in [1.29, 1.82) is 0 Å². The molecule has 0 saturated heterocycles. The fraction of sp³-hybridized carbons (Fsp3) is 0.875. The van der Waals surface area contributed by atoms with Gasteiger partial charge in [-0.1, -0.05) is 109 Å². The van der Waals surface area contributed by atoms with Gasteiger partial charge in [0.2, 0.25) is 0 Å². The Kier molecular flexibility index (Phi) is 21.6. The summed E-state index contributed by atoms with van der Waals surface area (Å²) in [7, 11) is 0. The summed E-state index contributed by atoms with van der Waals surface area (Å²) in [5.41, 5.74) is 0. The standard InChI is InChI=1S/C24H46O2/c1-2-3-4-5-6-7-8-9-10-11-12-13-14-15-16-17-18-19-20-21-22-23-24(25)26/h9-10H,2-8,11-23H2,1H3,(H,25,26)/p-1. The summed E-state index contributed by atoms with van der Waals surface area (Å²) in [6, 6.07) is 0. The molecule has 2 heteroatoms. The van der Waals surface area contributed by atoms with Crippen molar-refractivity contribution in [2.24, 2.45) is 0 Å². The summed E-state index contributed by atoms with van der Waals surface area (Å²) in [6.07, 6.45) is 29.7. The van der Waals surface area contributed by atoms with Gasteiger partial charge in [-0.2, -0.15) is 0 Å². The Morgan fingerprint density at radius 3 is 1.31 bits per heavy atom. The molecule has 0 rings (SSSR count). The quantitative estimate of drug-likeness (QED) is 0.160. The maximum Gasteiger partial charge on any atom is 0.0414 e. The highest BCUT2D eigenvalue weighted by Crippen LogP contribution is 2.13. The molecule has 0 heterocycles. The first kappa shape index (κ1) is 25.2. The van der Waals surface area contributed by atoms with E-state index in [-0.39, 0.29) is 6.42 Å². The Hall–Kier alpha value is -0.790. The van der Waals surface area contributed by atoms with Crippen LogP contribution in [-0.4, -0.2) is 5.97 Å². The largest absolute Gasteiger partial charge is 0.550 e. The van der Waals surface area contributed by atoms with Gasteiger partial charge >= 0.3 is 0 Å². The van der Waals surface area contributed by atoms with E-state index >= 15 is 0 Å². The SMILES string of the molecule is CCCCCCCCC=CCCCCCCCCCCCCCC(=O)[O-]. The lowest BCUT2D eigenvalue weighted by atomic mass is 10.0. The fourth-order valence-corrected chi connectivity index (χ4v) is 3.40. The lowest BCUT2D eigenvalue weighted by Gasteiger charge is -2.03. The molecule has 0 amide bonds. The molecule has 0 fully saturated rings. The molecule has 0 spiro atoms. The number of carbonyl (C=O) groups is 1. The number of rotatable bonds is 21. The van der Waals surface area contributed by atoms with E-state index in [0.29, 0.717) is 0 Å². The van der Waals surface area contributed by atoms with Crippen molar-refractivity contribution in [3.8, 4) is 0 Å². The number of carbonyl (C=O) groups excluding carboxylic acids is 1. The predicted octanol–water partition coefficient (Wildman–Crippen LogP) is 7.11. The van der Waals surface area contributed by atoms with Gasteiger partial charge in [0.1, 0.15) is 0 Å². The molecule has 0 saturated carbocycles. The molecule has 0 N–H and O–H groups in total. The zero-order valence-corrected chi connectivity index (χ0v) is 17.6. The second-order valence-corrected chi connectivity index (χ2v) is 7.83. The first-order valence-corrected chi connectivity index (χ1v) is 11.6. The van der Waals surface area contributed by atoms with Crippen LogP contribution in [0.5, 0.6) is 0 Å². The van der Waals surface area contributed by atoms with Crippen molar-refractivity contribution < 1.29 is 9.90 Å². The van der Waals surface area contributed by atoms with Gasteiger partial charge in [-0.15, -0.1) is 0 Å².